The van der Waals surface area contributed by atoms with Gasteiger partial charge >= 0.3 is 11.9 Å². The van der Waals surface area contributed by atoms with Gasteiger partial charge in [-0.05, 0) is 33.3 Å². The minimum absolute atomic E-state index is 0.192. The molecule has 0 atom stereocenters. The lowest BCUT2D eigenvalue weighted by Crippen LogP contribution is -2.34. The van der Waals surface area contributed by atoms with E-state index in [-0.39, 0.29) is 18.7 Å². The number of nitrogens with zero attached hydrogens (tertiary/aromatic N) is 3. The molecule has 168 valence electrons. The molecule has 0 aliphatic rings. The predicted octanol–water partition coefficient (Wildman–Crippen LogP) is 3.62. The van der Waals surface area contributed by atoms with Gasteiger partial charge in [-0.25, -0.2) is 14.6 Å². The molecule has 10 heteroatoms. The zero-order valence-corrected chi connectivity index (χ0v) is 19.0. The maximum atomic E-state index is 13.1. The van der Waals surface area contributed by atoms with Crippen molar-refractivity contribution in [3.8, 4) is 0 Å². The van der Waals surface area contributed by atoms with Gasteiger partial charge in [-0.2, -0.15) is 0 Å². The minimum Gasteiger partial charge on any atom is -0.462 e. The highest BCUT2D eigenvalue weighted by Gasteiger charge is 2.26. The second-order valence-electron chi connectivity index (χ2n) is 6.87. The molecule has 0 saturated heterocycles. The van der Waals surface area contributed by atoms with E-state index in [1.165, 1.54) is 4.90 Å². The average molecular weight is 458 g/mol. The van der Waals surface area contributed by atoms with E-state index in [1.54, 1.807) is 27.7 Å². The van der Waals surface area contributed by atoms with Gasteiger partial charge in [0.15, 0.2) is 11.7 Å². The van der Waals surface area contributed by atoms with Crippen LogP contribution in [-0.4, -0.2) is 41.2 Å². The molecule has 0 aliphatic carbocycles. The Labute approximate surface area is 188 Å². The summed E-state index contributed by atoms with van der Waals surface area (Å²) in [5.41, 5.74) is 1.89. The summed E-state index contributed by atoms with van der Waals surface area (Å²) in [6, 6.07) is 9.30. The Balaban J connectivity index is 1.83. The van der Waals surface area contributed by atoms with Gasteiger partial charge in [0, 0.05) is 0 Å². The molecule has 3 rings (SSSR count). The maximum absolute atomic E-state index is 13.1. The highest BCUT2D eigenvalue weighted by atomic mass is 32.1. The van der Waals surface area contributed by atoms with Crippen LogP contribution in [0.15, 0.2) is 34.9 Å². The molecule has 2 aromatic heterocycles. The number of hydrogen-bond acceptors (Lipinski definition) is 9. The van der Waals surface area contributed by atoms with Crippen LogP contribution in [0.25, 0.3) is 0 Å². The SMILES string of the molecule is CCOC(=O)c1sc(N(Cc2ccccc2)C(=O)COC(=O)c2c(C)noc2C)nc1C. The molecule has 0 N–H and O–H groups in total. The summed E-state index contributed by atoms with van der Waals surface area (Å²) in [5.74, 6) is -1.36. The number of thiazole rings is 1. The molecule has 0 spiro atoms. The normalized spacial score (nSPS) is 10.6. The Kier molecular flexibility index (Phi) is 7.37. The van der Waals surface area contributed by atoms with E-state index in [9.17, 15) is 14.4 Å². The molecule has 1 amide bonds. The highest BCUT2D eigenvalue weighted by Crippen LogP contribution is 2.28. The summed E-state index contributed by atoms with van der Waals surface area (Å²) < 4.78 is 15.3. The summed E-state index contributed by atoms with van der Waals surface area (Å²) in [5, 5.41) is 4.04. The highest BCUT2D eigenvalue weighted by molar-refractivity contribution is 7.17. The second kappa shape index (κ2) is 10.2. The van der Waals surface area contributed by atoms with Crippen LogP contribution >= 0.6 is 11.3 Å². The van der Waals surface area contributed by atoms with E-state index in [0.29, 0.717) is 27.2 Å². The average Bonchev–Trinajstić information content (AvgIpc) is 3.32. The molecule has 32 heavy (non-hydrogen) atoms. The molecule has 3 aromatic rings. The summed E-state index contributed by atoms with van der Waals surface area (Å²) in [4.78, 5) is 43.8. The number of aryl methyl sites for hydroxylation is 3. The van der Waals surface area contributed by atoms with Crippen molar-refractivity contribution in [3.05, 3.63) is 63.5 Å². The molecule has 0 bridgehead atoms. The van der Waals surface area contributed by atoms with Gasteiger partial charge in [0.1, 0.15) is 16.2 Å². The fraction of sp³-hybridized carbons (Fsp3) is 0.318. The zero-order valence-electron chi connectivity index (χ0n) is 18.2. The Morgan fingerprint density at radius 2 is 1.75 bits per heavy atom. The largest absolute Gasteiger partial charge is 0.462 e. The number of esters is 2. The van der Waals surface area contributed by atoms with Crippen LogP contribution in [0.4, 0.5) is 5.13 Å². The number of carbonyl (C=O) groups excluding carboxylic acids is 3. The van der Waals surface area contributed by atoms with Crippen LogP contribution in [-0.2, 0) is 20.8 Å². The number of hydrogen-bond donors (Lipinski definition) is 0. The fourth-order valence-corrected chi connectivity index (χ4v) is 3.94. The summed E-state index contributed by atoms with van der Waals surface area (Å²) >= 11 is 1.05. The number of rotatable bonds is 8. The lowest BCUT2D eigenvalue weighted by molar-refractivity contribution is -0.121. The van der Waals surface area contributed by atoms with Crippen LogP contribution in [0.1, 0.15) is 49.7 Å². The zero-order chi connectivity index (χ0) is 23.3. The summed E-state index contributed by atoms with van der Waals surface area (Å²) in [6.07, 6.45) is 0. The molecule has 0 saturated carbocycles. The minimum atomic E-state index is -0.697. The topological polar surface area (TPSA) is 112 Å². The van der Waals surface area contributed by atoms with E-state index in [0.717, 1.165) is 16.9 Å². The van der Waals surface area contributed by atoms with Gasteiger partial charge < -0.3 is 14.0 Å². The third-order valence-corrected chi connectivity index (χ3v) is 5.69. The number of carbonyl (C=O) groups is 3. The molecule has 2 heterocycles. The van der Waals surface area contributed by atoms with E-state index < -0.39 is 24.5 Å². The standard InChI is InChI=1S/C22H23N3O6S/c1-5-29-21(28)19-14(3)23-22(32-19)25(11-16-9-7-6-8-10-16)17(26)12-30-20(27)18-13(2)24-31-15(18)4/h6-10H,5,11-12H2,1-4H3. The van der Waals surface area contributed by atoms with Crippen LogP contribution < -0.4 is 4.90 Å². The van der Waals surface area contributed by atoms with Crippen molar-refractivity contribution in [1.29, 1.82) is 0 Å². The number of ether oxygens (including phenoxy) is 2. The number of anilines is 1. The second-order valence-corrected chi connectivity index (χ2v) is 7.85. The van der Waals surface area contributed by atoms with Crippen molar-refractivity contribution in [1.82, 2.24) is 10.1 Å². The number of benzene rings is 1. The third kappa shape index (κ3) is 5.20. The monoisotopic (exact) mass is 457 g/mol. The number of aromatic nitrogens is 2. The molecule has 0 fully saturated rings. The van der Waals surface area contributed by atoms with Gasteiger partial charge in [-0.15, -0.1) is 0 Å². The van der Waals surface area contributed by atoms with Gasteiger partial charge in [-0.3, -0.25) is 9.69 Å². The first-order valence-electron chi connectivity index (χ1n) is 9.90. The molecular weight excluding hydrogens is 434 g/mol. The van der Waals surface area contributed by atoms with Crippen LogP contribution in [0.2, 0.25) is 0 Å². The van der Waals surface area contributed by atoms with E-state index in [4.69, 9.17) is 14.0 Å². The maximum Gasteiger partial charge on any atom is 0.350 e. The lowest BCUT2D eigenvalue weighted by atomic mass is 10.2. The first-order valence-corrected chi connectivity index (χ1v) is 10.7. The van der Waals surface area contributed by atoms with E-state index in [1.807, 2.05) is 30.3 Å². The van der Waals surface area contributed by atoms with Crippen molar-refractivity contribution in [2.24, 2.45) is 0 Å². The van der Waals surface area contributed by atoms with Crippen LogP contribution in [0.5, 0.6) is 0 Å². The van der Waals surface area contributed by atoms with E-state index >= 15 is 0 Å². The van der Waals surface area contributed by atoms with Gasteiger partial charge in [-0.1, -0.05) is 46.8 Å². The van der Waals surface area contributed by atoms with Crippen molar-refractivity contribution in [2.75, 3.05) is 18.1 Å². The summed E-state index contributed by atoms with van der Waals surface area (Å²) in [7, 11) is 0. The summed E-state index contributed by atoms with van der Waals surface area (Å²) in [6.45, 7) is 6.51. The van der Waals surface area contributed by atoms with Crippen molar-refractivity contribution < 1.29 is 28.4 Å². The fourth-order valence-electron chi connectivity index (χ4n) is 2.96. The van der Waals surface area contributed by atoms with Gasteiger partial charge in [0.05, 0.1) is 24.5 Å². The molecule has 1 aromatic carbocycles. The Morgan fingerprint density at radius 1 is 1.03 bits per heavy atom. The first kappa shape index (κ1) is 23.1. The first-order chi connectivity index (χ1) is 15.3. The third-order valence-electron chi connectivity index (χ3n) is 4.53. The van der Waals surface area contributed by atoms with Crippen molar-refractivity contribution in [2.45, 2.75) is 34.2 Å². The molecule has 0 aliphatic heterocycles. The van der Waals surface area contributed by atoms with Gasteiger partial charge in [0.2, 0.25) is 0 Å². The molecule has 0 radical (unpaired) electrons. The Hall–Kier alpha value is -3.53. The molecule has 9 nitrogen and oxygen atoms in total. The van der Waals surface area contributed by atoms with Crippen LogP contribution in [0.3, 0.4) is 0 Å². The molecular formula is C22H23N3O6S. The van der Waals surface area contributed by atoms with Crippen molar-refractivity contribution in [3.63, 3.8) is 0 Å². The number of amides is 1. The quantitative estimate of drug-likeness (QED) is 0.472. The van der Waals surface area contributed by atoms with Crippen molar-refractivity contribution >= 4 is 34.3 Å². The molecule has 0 unspecified atom stereocenters. The van der Waals surface area contributed by atoms with E-state index in [2.05, 4.69) is 10.1 Å². The van der Waals surface area contributed by atoms with Gasteiger partial charge in [0.25, 0.3) is 5.91 Å². The Morgan fingerprint density at radius 3 is 2.38 bits per heavy atom. The van der Waals surface area contributed by atoms with Crippen LogP contribution in [0, 0.1) is 20.8 Å². The predicted molar refractivity (Wildman–Crippen MR) is 117 cm³/mol. The Bertz CT molecular complexity index is 1100. The smallest absolute Gasteiger partial charge is 0.350 e. The lowest BCUT2D eigenvalue weighted by Gasteiger charge is -2.20.